The molecule has 2 amide bonds. The van der Waals surface area contributed by atoms with Crippen molar-refractivity contribution in [3.05, 3.63) is 24.3 Å². The number of rotatable bonds is 3. The van der Waals surface area contributed by atoms with Gasteiger partial charge >= 0.3 is 11.8 Å². The van der Waals surface area contributed by atoms with E-state index in [1.165, 1.54) is 33.5 Å². The lowest BCUT2D eigenvalue weighted by molar-refractivity contribution is -0.145. The van der Waals surface area contributed by atoms with Gasteiger partial charge in [0.25, 0.3) is 0 Å². The second kappa shape index (κ2) is 8.37. The Morgan fingerprint density at radius 1 is 1.11 bits per heavy atom. The van der Waals surface area contributed by atoms with E-state index in [4.69, 9.17) is 4.74 Å². The molecule has 0 saturated carbocycles. The number of carbonyl (C=O) groups is 2. The molecule has 8 nitrogen and oxygen atoms in total. The predicted octanol–water partition coefficient (Wildman–Crippen LogP) is 0.905. The molecule has 0 bridgehead atoms. The number of amides is 2. The number of morpholine rings is 1. The quantitative estimate of drug-likeness (QED) is 0.768. The van der Waals surface area contributed by atoms with Crippen molar-refractivity contribution in [1.82, 2.24) is 9.21 Å². The summed E-state index contributed by atoms with van der Waals surface area (Å²) < 4.78 is 32.2. The van der Waals surface area contributed by atoms with Crippen LogP contribution in [0.2, 0.25) is 0 Å². The maximum absolute atomic E-state index is 12.7. The van der Waals surface area contributed by atoms with Gasteiger partial charge in [0.05, 0.1) is 18.1 Å². The first kappa shape index (κ1) is 19.8. The lowest BCUT2D eigenvalue weighted by atomic mass is 10.0. The fraction of sp³-hybridized carbons (Fsp3) is 0.556. The van der Waals surface area contributed by atoms with Crippen molar-refractivity contribution in [2.45, 2.75) is 24.7 Å². The molecule has 2 saturated heterocycles. The van der Waals surface area contributed by atoms with Crippen LogP contribution in [0.25, 0.3) is 0 Å². The van der Waals surface area contributed by atoms with E-state index in [1.54, 1.807) is 0 Å². The summed E-state index contributed by atoms with van der Waals surface area (Å²) in [4.78, 5) is 25.9. The fourth-order valence-electron chi connectivity index (χ4n) is 3.32. The number of ether oxygens (including phenoxy) is 1. The Bertz CT molecular complexity index is 788. The zero-order valence-corrected chi connectivity index (χ0v) is 16.2. The molecule has 0 spiro atoms. The van der Waals surface area contributed by atoms with Crippen LogP contribution in [0.4, 0.5) is 5.69 Å². The SMILES string of the molecule is CC1CCCN(S(=O)(=O)c2ccc(NC(=O)C(=O)N3CCOCC3)cc2)C1. The number of hydrogen-bond acceptors (Lipinski definition) is 5. The van der Waals surface area contributed by atoms with Gasteiger partial charge in [0.2, 0.25) is 10.0 Å². The average molecular weight is 395 g/mol. The third-order valence-corrected chi connectivity index (χ3v) is 6.74. The summed E-state index contributed by atoms with van der Waals surface area (Å²) >= 11 is 0. The Balaban J connectivity index is 1.64. The highest BCUT2D eigenvalue weighted by Gasteiger charge is 2.29. The molecule has 2 aliphatic rings. The Labute approximate surface area is 159 Å². The number of carbonyl (C=O) groups excluding carboxylic acids is 2. The summed E-state index contributed by atoms with van der Waals surface area (Å²) in [6, 6.07) is 5.93. The van der Waals surface area contributed by atoms with Crippen molar-refractivity contribution in [1.29, 1.82) is 0 Å². The molecule has 2 fully saturated rings. The van der Waals surface area contributed by atoms with Crippen LogP contribution in [0.5, 0.6) is 0 Å². The largest absolute Gasteiger partial charge is 0.378 e. The van der Waals surface area contributed by atoms with Crippen LogP contribution >= 0.6 is 0 Å². The number of benzene rings is 1. The normalized spacial score (nSPS) is 21.7. The topological polar surface area (TPSA) is 96.0 Å². The molecule has 1 aromatic carbocycles. The molecule has 3 rings (SSSR count). The molecule has 2 aliphatic heterocycles. The molecule has 148 valence electrons. The standard InChI is InChI=1S/C18H25N3O5S/c1-14-3-2-8-21(13-14)27(24,25)16-6-4-15(5-7-16)19-17(22)18(23)20-9-11-26-12-10-20/h4-7,14H,2-3,8-13H2,1H3,(H,19,22). The van der Waals surface area contributed by atoms with E-state index in [1.807, 2.05) is 6.92 Å². The third-order valence-electron chi connectivity index (χ3n) is 4.86. The number of hydrogen-bond donors (Lipinski definition) is 1. The monoisotopic (exact) mass is 395 g/mol. The highest BCUT2D eigenvalue weighted by molar-refractivity contribution is 7.89. The number of nitrogens with one attached hydrogen (secondary N) is 1. The van der Waals surface area contributed by atoms with Crippen molar-refractivity contribution in [3.8, 4) is 0 Å². The molecule has 2 heterocycles. The first-order valence-electron chi connectivity index (χ1n) is 9.16. The van der Waals surface area contributed by atoms with Crippen LogP contribution in [0, 0.1) is 5.92 Å². The summed E-state index contributed by atoms with van der Waals surface area (Å²) in [6.07, 6.45) is 1.90. The minimum absolute atomic E-state index is 0.189. The fourth-order valence-corrected chi connectivity index (χ4v) is 4.92. The molecule has 27 heavy (non-hydrogen) atoms. The molecule has 9 heteroatoms. The average Bonchev–Trinajstić information content (AvgIpc) is 2.68. The summed E-state index contributed by atoms with van der Waals surface area (Å²) in [5.74, 6) is -1.01. The van der Waals surface area contributed by atoms with Crippen molar-refractivity contribution in [3.63, 3.8) is 0 Å². The summed E-state index contributed by atoms with van der Waals surface area (Å²) in [6.45, 7) is 4.71. The smallest absolute Gasteiger partial charge is 0.313 e. The van der Waals surface area contributed by atoms with Gasteiger partial charge in [-0.1, -0.05) is 6.92 Å². The molecular weight excluding hydrogens is 370 g/mol. The molecule has 1 atom stereocenters. The molecule has 1 unspecified atom stereocenters. The minimum atomic E-state index is -3.54. The first-order valence-corrected chi connectivity index (χ1v) is 10.6. The lowest BCUT2D eigenvalue weighted by Crippen LogP contribution is -2.45. The van der Waals surface area contributed by atoms with E-state index in [0.29, 0.717) is 51.0 Å². The molecule has 1 N–H and O–H groups in total. The van der Waals surface area contributed by atoms with E-state index in [-0.39, 0.29) is 4.90 Å². The van der Waals surface area contributed by atoms with E-state index in [9.17, 15) is 18.0 Å². The molecule has 1 aromatic rings. The Hall–Kier alpha value is -1.97. The van der Waals surface area contributed by atoms with Gasteiger partial charge in [0.1, 0.15) is 0 Å². The van der Waals surface area contributed by atoms with Crippen LogP contribution in [0.15, 0.2) is 29.2 Å². The van der Waals surface area contributed by atoms with E-state index in [2.05, 4.69) is 5.32 Å². The van der Waals surface area contributed by atoms with Crippen molar-refractivity contribution >= 4 is 27.5 Å². The molecule has 0 aromatic heterocycles. The number of nitrogens with zero attached hydrogens (tertiary/aromatic N) is 2. The lowest BCUT2D eigenvalue weighted by Gasteiger charge is -2.30. The Morgan fingerprint density at radius 3 is 2.41 bits per heavy atom. The number of sulfonamides is 1. The van der Waals surface area contributed by atoms with Gasteiger partial charge in [-0.3, -0.25) is 9.59 Å². The molecule has 0 radical (unpaired) electrons. The Kier molecular flexibility index (Phi) is 6.13. The van der Waals surface area contributed by atoms with Crippen LogP contribution in [0.3, 0.4) is 0 Å². The Morgan fingerprint density at radius 2 is 1.78 bits per heavy atom. The van der Waals surface area contributed by atoms with Gasteiger partial charge in [-0.2, -0.15) is 4.31 Å². The summed E-state index contributed by atoms with van der Waals surface area (Å²) in [5, 5.41) is 2.52. The van der Waals surface area contributed by atoms with Gasteiger partial charge < -0.3 is 15.0 Å². The van der Waals surface area contributed by atoms with Crippen LogP contribution in [-0.4, -0.2) is 68.8 Å². The maximum atomic E-state index is 12.7. The number of piperidine rings is 1. The van der Waals surface area contributed by atoms with Gasteiger partial charge in [-0.25, -0.2) is 8.42 Å². The van der Waals surface area contributed by atoms with Gasteiger partial charge in [-0.05, 0) is 43.0 Å². The van der Waals surface area contributed by atoms with Crippen molar-refractivity contribution < 1.29 is 22.7 Å². The third kappa shape index (κ3) is 4.66. The minimum Gasteiger partial charge on any atom is -0.378 e. The van der Waals surface area contributed by atoms with Gasteiger partial charge in [-0.15, -0.1) is 0 Å². The van der Waals surface area contributed by atoms with Crippen LogP contribution < -0.4 is 5.32 Å². The van der Waals surface area contributed by atoms with E-state index < -0.39 is 21.8 Å². The van der Waals surface area contributed by atoms with Crippen LogP contribution in [-0.2, 0) is 24.3 Å². The highest BCUT2D eigenvalue weighted by atomic mass is 32.2. The van der Waals surface area contributed by atoms with E-state index in [0.717, 1.165) is 12.8 Å². The van der Waals surface area contributed by atoms with Crippen molar-refractivity contribution in [2.75, 3.05) is 44.7 Å². The summed E-state index contributed by atoms with van der Waals surface area (Å²) in [7, 11) is -3.54. The molecule has 0 aliphatic carbocycles. The van der Waals surface area contributed by atoms with Gasteiger partial charge in [0.15, 0.2) is 0 Å². The highest BCUT2D eigenvalue weighted by Crippen LogP contribution is 2.24. The zero-order chi connectivity index (χ0) is 19.4. The predicted molar refractivity (Wildman–Crippen MR) is 99.6 cm³/mol. The van der Waals surface area contributed by atoms with Crippen LogP contribution in [0.1, 0.15) is 19.8 Å². The maximum Gasteiger partial charge on any atom is 0.313 e. The zero-order valence-electron chi connectivity index (χ0n) is 15.4. The second-order valence-corrected chi connectivity index (χ2v) is 8.93. The molecular formula is C18H25N3O5S. The van der Waals surface area contributed by atoms with Gasteiger partial charge in [0, 0.05) is 31.9 Å². The second-order valence-electron chi connectivity index (χ2n) is 6.99. The summed E-state index contributed by atoms with van der Waals surface area (Å²) in [5.41, 5.74) is 0.382. The first-order chi connectivity index (χ1) is 12.9. The van der Waals surface area contributed by atoms with E-state index >= 15 is 0 Å². The van der Waals surface area contributed by atoms with Crippen molar-refractivity contribution in [2.24, 2.45) is 5.92 Å². The number of anilines is 1.